The molecule has 3 aromatic heterocycles. The number of rotatable bonds is 3. The summed E-state index contributed by atoms with van der Waals surface area (Å²) in [5.74, 6) is -4.45. The highest BCUT2D eigenvalue weighted by molar-refractivity contribution is 7.17. The molecular weight excluding hydrogens is 582 g/mol. The largest absolute Gasteiger partial charge is 0.490 e. The number of halogens is 6. The fourth-order valence-electron chi connectivity index (χ4n) is 3.99. The zero-order valence-electron chi connectivity index (χ0n) is 21.6. The second kappa shape index (κ2) is 12.7. The molecule has 4 heterocycles. The highest BCUT2D eigenvalue weighted by Crippen LogP contribution is 2.40. The number of aromatic nitrogens is 4. The van der Waals surface area contributed by atoms with Crippen LogP contribution in [0.2, 0.25) is 0 Å². The van der Waals surface area contributed by atoms with E-state index < -0.39 is 24.3 Å². The summed E-state index contributed by atoms with van der Waals surface area (Å²) in [7, 11) is 1.99. The Hall–Kier alpha value is -3.99. The summed E-state index contributed by atoms with van der Waals surface area (Å²) in [6, 6.07) is 6.39. The molecule has 41 heavy (non-hydrogen) atoms. The predicted molar refractivity (Wildman–Crippen MR) is 139 cm³/mol. The zero-order chi connectivity index (χ0) is 30.5. The van der Waals surface area contributed by atoms with E-state index in [1.54, 1.807) is 17.7 Å². The first-order chi connectivity index (χ1) is 19.1. The van der Waals surface area contributed by atoms with Gasteiger partial charge in [-0.05, 0) is 18.2 Å². The summed E-state index contributed by atoms with van der Waals surface area (Å²) in [6.07, 6.45) is -6.51. The number of nitrogens with zero attached hydrogens (tertiary/aromatic N) is 6. The summed E-state index contributed by atoms with van der Waals surface area (Å²) >= 11 is 1.69. The molecule has 222 valence electrons. The molecule has 1 saturated heterocycles. The number of carboxylic acid groups (broad SMARTS) is 2. The van der Waals surface area contributed by atoms with Crippen molar-refractivity contribution in [1.29, 1.82) is 0 Å². The van der Waals surface area contributed by atoms with Crippen LogP contribution in [0.25, 0.3) is 32.2 Å². The van der Waals surface area contributed by atoms with Gasteiger partial charge < -0.3 is 20.0 Å². The molecule has 0 unspecified atom stereocenters. The fraction of sp³-hybridized carbons (Fsp3) is 0.375. The van der Waals surface area contributed by atoms with Gasteiger partial charge in [-0.15, -0.1) is 11.3 Å². The molecule has 0 spiro atoms. The fourth-order valence-corrected chi connectivity index (χ4v) is 4.89. The standard InChI is InChI=1S/C20H22N6S.2C2HF3O2/c1-3-25-7-9-26(10-8-25)19-18-16(12-27-20(18)22-13-21-19)14-5-4-6-17-15(14)11-23-24(17)2;2*3-2(4,5)1(6)7/h4-6,11-13H,3,7-10H2,1-2H3;2*(H,6,7). The molecule has 0 saturated carbocycles. The van der Waals surface area contributed by atoms with Crippen LogP contribution in [0.3, 0.4) is 0 Å². The highest BCUT2D eigenvalue weighted by atomic mass is 32.1. The van der Waals surface area contributed by atoms with Crippen molar-refractivity contribution in [1.82, 2.24) is 24.6 Å². The molecule has 1 aromatic carbocycles. The van der Waals surface area contributed by atoms with Crippen LogP contribution in [0.1, 0.15) is 6.92 Å². The van der Waals surface area contributed by atoms with Crippen LogP contribution in [0.5, 0.6) is 0 Å². The predicted octanol–water partition coefficient (Wildman–Crippen LogP) is 4.65. The average molecular weight is 607 g/mol. The number of aliphatic carboxylic acids is 2. The van der Waals surface area contributed by atoms with Gasteiger partial charge >= 0.3 is 24.3 Å². The second-order valence-corrected chi connectivity index (χ2v) is 9.42. The van der Waals surface area contributed by atoms with Crippen molar-refractivity contribution in [2.75, 3.05) is 37.6 Å². The number of hydrogen-bond acceptors (Lipinski definition) is 8. The second-order valence-electron chi connectivity index (χ2n) is 8.56. The summed E-state index contributed by atoms with van der Waals surface area (Å²) in [5, 5.41) is 23.3. The number of hydrogen-bond donors (Lipinski definition) is 2. The SMILES string of the molecule is CCN1CCN(c2ncnc3scc(-c4cccc5c4cnn5C)c23)CC1.O=C(O)C(F)(F)F.O=C(O)C(F)(F)F. The monoisotopic (exact) mass is 606 g/mol. The molecular formula is C24H24F6N6O4S. The molecule has 0 radical (unpaired) electrons. The molecule has 1 aliphatic heterocycles. The van der Waals surface area contributed by atoms with E-state index in [-0.39, 0.29) is 0 Å². The maximum atomic E-state index is 10.6. The van der Waals surface area contributed by atoms with Gasteiger partial charge in [0.05, 0.1) is 17.1 Å². The van der Waals surface area contributed by atoms with Crippen LogP contribution < -0.4 is 4.90 Å². The Morgan fingerprint density at radius 3 is 2.07 bits per heavy atom. The number of carboxylic acids is 2. The Balaban J connectivity index is 0.000000276. The Morgan fingerprint density at radius 2 is 1.54 bits per heavy atom. The van der Waals surface area contributed by atoms with E-state index in [1.165, 1.54) is 21.9 Å². The number of carbonyl (C=O) groups is 2. The Labute approximate surface area is 232 Å². The molecule has 4 aromatic rings. The number of likely N-dealkylation sites (N-methyl/N-ethyl adjacent to an activating group) is 1. The van der Waals surface area contributed by atoms with Crippen molar-refractivity contribution in [3.63, 3.8) is 0 Å². The van der Waals surface area contributed by atoms with Crippen molar-refractivity contribution < 1.29 is 46.1 Å². The average Bonchev–Trinajstić information content (AvgIpc) is 3.52. The lowest BCUT2D eigenvalue weighted by Crippen LogP contribution is -2.46. The number of anilines is 1. The van der Waals surface area contributed by atoms with Crippen molar-refractivity contribution >= 4 is 50.2 Å². The van der Waals surface area contributed by atoms with Gasteiger partial charge in [-0.1, -0.05) is 19.1 Å². The Morgan fingerprint density at radius 1 is 0.951 bits per heavy atom. The smallest absolute Gasteiger partial charge is 0.475 e. The summed E-state index contributed by atoms with van der Waals surface area (Å²) in [4.78, 5) is 33.0. The quantitative estimate of drug-likeness (QED) is 0.321. The van der Waals surface area contributed by atoms with E-state index in [2.05, 4.69) is 50.4 Å². The lowest BCUT2D eigenvalue weighted by atomic mass is 10.0. The number of thiophene rings is 1. The molecule has 2 N–H and O–H groups in total. The van der Waals surface area contributed by atoms with E-state index in [0.717, 1.165) is 48.9 Å². The van der Waals surface area contributed by atoms with Crippen molar-refractivity contribution in [2.24, 2.45) is 7.05 Å². The minimum Gasteiger partial charge on any atom is -0.475 e. The van der Waals surface area contributed by atoms with Crippen molar-refractivity contribution in [3.05, 3.63) is 36.1 Å². The molecule has 0 amide bonds. The lowest BCUT2D eigenvalue weighted by molar-refractivity contribution is -0.193. The van der Waals surface area contributed by atoms with Crippen LogP contribution in [-0.4, -0.2) is 91.9 Å². The number of benzene rings is 1. The van der Waals surface area contributed by atoms with E-state index >= 15 is 0 Å². The summed E-state index contributed by atoms with van der Waals surface area (Å²) in [5.41, 5.74) is 3.55. The minimum atomic E-state index is -5.08. The van der Waals surface area contributed by atoms with Gasteiger partial charge in [-0.25, -0.2) is 19.6 Å². The van der Waals surface area contributed by atoms with Gasteiger partial charge in [0, 0.05) is 49.6 Å². The highest BCUT2D eigenvalue weighted by Gasteiger charge is 2.38. The summed E-state index contributed by atoms with van der Waals surface area (Å²) in [6.45, 7) is 7.52. The van der Waals surface area contributed by atoms with Gasteiger partial charge in [-0.3, -0.25) is 4.68 Å². The first-order valence-corrected chi connectivity index (χ1v) is 12.7. The normalized spacial score (nSPS) is 14.3. The van der Waals surface area contributed by atoms with Gasteiger partial charge in [0.25, 0.3) is 0 Å². The summed E-state index contributed by atoms with van der Waals surface area (Å²) < 4.78 is 65.4. The van der Waals surface area contributed by atoms with Crippen LogP contribution in [0, 0.1) is 0 Å². The molecule has 0 aliphatic carbocycles. The molecule has 0 bridgehead atoms. The maximum absolute atomic E-state index is 10.6. The number of aryl methyl sites for hydroxylation is 1. The van der Waals surface area contributed by atoms with E-state index in [1.807, 2.05) is 17.9 Å². The van der Waals surface area contributed by atoms with E-state index in [4.69, 9.17) is 24.8 Å². The van der Waals surface area contributed by atoms with Crippen LogP contribution in [0.15, 0.2) is 36.1 Å². The third kappa shape index (κ3) is 7.60. The first-order valence-electron chi connectivity index (χ1n) is 11.9. The molecule has 1 aliphatic rings. The first kappa shape index (κ1) is 31.5. The van der Waals surface area contributed by atoms with E-state index in [9.17, 15) is 26.3 Å². The van der Waals surface area contributed by atoms with Crippen molar-refractivity contribution in [3.8, 4) is 11.1 Å². The zero-order valence-corrected chi connectivity index (χ0v) is 22.4. The van der Waals surface area contributed by atoms with E-state index in [0.29, 0.717) is 0 Å². The minimum absolute atomic E-state index is 1.01. The Bertz CT molecular complexity index is 1490. The third-order valence-electron chi connectivity index (χ3n) is 6.04. The number of alkyl halides is 6. The molecule has 1 fully saturated rings. The number of fused-ring (bicyclic) bond motifs is 2. The molecule has 10 nitrogen and oxygen atoms in total. The van der Waals surface area contributed by atoms with Gasteiger partial charge in [0.1, 0.15) is 17.0 Å². The van der Waals surface area contributed by atoms with Crippen LogP contribution >= 0.6 is 11.3 Å². The molecule has 5 rings (SSSR count). The molecule has 0 atom stereocenters. The number of piperazine rings is 1. The maximum Gasteiger partial charge on any atom is 0.490 e. The van der Waals surface area contributed by atoms with Gasteiger partial charge in [0.2, 0.25) is 0 Å². The van der Waals surface area contributed by atoms with Gasteiger partial charge in [0.15, 0.2) is 0 Å². The Kier molecular flexibility index (Phi) is 9.75. The van der Waals surface area contributed by atoms with Gasteiger partial charge in [-0.2, -0.15) is 31.4 Å². The van der Waals surface area contributed by atoms with Crippen molar-refractivity contribution in [2.45, 2.75) is 19.3 Å². The third-order valence-corrected chi connectivity index (χ3v) is 6.92. The molecule has 17 heteroatoms. The van der Waals surface area contributed by atoms with Crippen LogP contribution in [-0.2, 0) is 16.6 Å². The lowest BCUT2D eigenvalue weighted by Gasteiger charge is -2.35. The van der Waals surface area contributed by atoms with Crippen LogP contribution in [0.4, 0.5) is 32.2 Å². The topological polar surface area (TPSA) is 125 Å².